The van der Waals surface area contributed by atoms with Crippen LogP contribution in [0.1, 0.15) is 25.8 Å². The van der Waals surface area contributed by atoms with Crippen LogP contribution in [0.25, 0.3) is 0 Å². The van der Waals surface area contributed by atoms with E-state index in [4.69, 9.17) is 5.11 Å². The summed E-state index contributed by atoms with van der Waals surface area (Å²) in [6, 6.07) is 5.88. The third kappa shape index (κ3) is 3.85. The fraction of sp³-hybridized carbons (Fsp3) is 0.417. The lowest BCUT2D eigenvalue weighted by molar-refractivity contribution is -0.137. The monoisotopic (exact) mass is 285 g/mol. The van der Waals surface area contributed by atoms with Gasteiger partial charge in [-0.2, -0.15) is 0 Å². The Hall–Kier alpha value is -1.03. The molecule has 0 atom stereocenters. The molecule has 0 aliphatic rings. The molecule has 2 N–H and O–H groups in total. The van der Waals surface area contributed by atoms with Gasteiger partial charge in [0.05, 0.1) is 6.42 Å². The topological polar surface area (TPSA) is 49.3 Å². The number of benzene rings is 1. The van der Waals surface area contributed by atoms with Crippen molar-refractivity contribution in [3.05, 3.63) is 28.2 Å². The number of carboxylic acids is 1. The van der Waals surface area contributed by atoms with Gasteiger partial charge in [0, 0.05) is 15.7 Å². The number of aliphatic carboxylic acids is 1. The summed E-state index contributed by atoms with van der Waals surface area (Å²) in [7, 11) is 0. The molecule has 0 saturated heterocycles. The summed E-state index contributed by atoms with van der Waals surface area (Å²) in [5, 5.41) is 12.0. The lowest BCUT2D eigenvalue weighted by atomic mass is 9.99. The van der Waals surface area contributed by atoms with E-state index in [2.05, 4.69) is 21.2 Å². The van der Waals surface area contributed by atoms with Gasteiger partial charge in [-0.25, -0.2) is 0 Å². The zero-order chi connectivity index (χ0) is 12.3. The molecule has 1 aromatic carbocycles. The van der Waals surface area contributed by atoms with Crippen molar-refractivity contribution in [1.29, 1.82) is 0 Å². The highest BCUT2D eigenvalue weighted by Crippen LogP contribution is 2.24. The highest BCUT2D eigenvalue weighted by molar-refractivity contribution is 9.10. The van der Waals surface area contributed by atoms with E-state index in [9.17, 15) is 4.79 Å². The van der Waals surface area contributed by atoms with Gasteiger partial charge in [0.25, 0.3) is 0 Å². The summed E-state index contributed by atoms with van der Waals surface area (Å²) in [6.45, 7) is 5.75. The van der Waals surface area contributed by atoms with E-state index in [0.29, 0.717) is 0 Å². The van der Waals surface area contributed by atoms with Crippen LogP contribution in [0.3, 0.4) is 0 Å². The van der Waals surface area contributed by atoms with Crippen LogP contribution in [0, 0.1) is 6.92 Å². The number of carboxylic acid groups (broad SMARTS) is 1. The number of carbonyl (C=O) groups is 1. The maximum absolute atomic E-state index is 10.7. The first-order valence-corrected chi connectivity index (χ1v) is 5.85. The van der Waals surface area contributed by atoms with Crippen molar-refractivity contribution in [2.75, 3.05) is 5.32 Å². The molecule has 3 nitrogen and oxygen atoms in total. The molecule has 0 saturated carbocycles. The summed E-state index contributed by atoms with van der Waals surface area (Å²) >= 11 is 3.39. The predicted octanol–water partition coefficient (Wildman–Crippen LogP) is 3.42. The Morgan fingerprint density at radius 3 is 2.62 bits per heavy atom. The number of hydrogen-bond donors (Lipinski definition) is 2. The Morgan fingerprint density at radius 2 is 2.12 bits per heavy atom. The lowest BCUT2D eigenvalue weighted by Crippen LogP contribution is -2.33. The van der Waals surface area contributed by atoms with Crippen molar-refractivity contribution in [1.82, 2.24) is 0 Å². The van der Waals surface area contributed by atoms with Crippen molar-refractivity contribution >= 4 is 27.6 Å². The second kappa shape index (κ2) is 4.87. The molecule has 0 fully saturated rings. The minimum Gasteiger partial charge on any atom is -0.481 e. The molecule has 0 aliphatic carbocycles. The molecule has 1 aromatic rings. The van der Waals surface area contributed by atoms with Gasteiger partial charge in [-0.05, 0) is 44.5 Å². The minimum absolute atomic E-state index is 0.0858. The second-order valence-corrected chi connectivity index (χ2v) is 5.45. The highest BCUT2D eigenvalue weighted by Gasteiger charge is 2.21. The Morgan fingerprint density at radius 1 is 1.50 bits per heavy atom. The van der Waals surface area contributed by atoms with Crippen LogP contribution in [-0.4, -0.2) is 16.6 Å². The Kier molecular flexibility index (Phi) is 3.97. The molecule has 0 heterocycles. The maximum Gasteiger partial charge on any atom is 0.305 e. The van der Waals surface area contributed by atoms with E-state index in [1.807, 2.05) is 39.0 Å². The third-order valence-corrected chi connectivity index (χ3v) is 2.75. The minimum atomic E-state index is -0.799. The van der Waals surface area contributed by atoms with E-state index in [0.717, 1.165) is 15.7 Å². The SMILES string of the molecule is Cc1cc(Br)ccc1NC(C)(C)CC(=O)O. The van der Waals surface area contributed by atoms with Crippen LogP contribution in [0.4, 0.5) is 5.69 Å². The second-order valence-electron chi connectivity index (χ2n) is 4.54. The van der Waals surface area contributed by atoms with Crippen molar-refractivity contribution in [3.8, 4) is 0 Å². The molecule has 1 rings (SSSR count). The van der Waals surface area contributed by atoms with Crippen molar-refractivity contribution in [2.24, 2.45) is 0 Å². The molecular formula is C12H16BrNO2. The van der Waals surface area contributed by atoms with Gasteiger partial charge in [0.1, 0.15) is 0 Å². The first-order valence-electron chi connectivity index (χ1n) is 5.06. The van der Waals surface area contributed by atoms with Crippen molar-refractivity contribution < 1.29 is 9.90 Å². The van der Waals surface area contributed by atoms with Gasteiger partial charge in [0.15, 0.2) is 0 Å². The van der Waals surface area contributed by atoms with Crippen LogP contribution < -0.4 is 5.32 Å². The maximum atomic E-state index is 10.7. The molecule has 0 radical (unpaired) electrons. The summed E-state index contributed by atoms with van der Waals surface area (Å²) in [4.78, 5) is 10.7. The summed E-state index contributed by atoms with van der Waals surface area (Å²) < 4.78 is 1.02. The Labute approximate surface area is 104 Å². The normalized spacial score (nSPS) is 11.2. The van der Waals surface area contributed by atoms with Crippen molar-refractivity contribution in [3.63, 3.8) is 0 Å². The van der Waals surface area contributed by atoms with E-state index < -0.39 is 11.5 Å². The molecule has 16 heavy (non-hydrogen) atoms. The van der Waals surface area contributed by atoms with E-state index in [1.54, 1.807) is 0 Å². The third-order valence-electron chi connectivity index (χ3n) is 2.25. The molecule has 0 aliphatic heterocycles. The molecule has 0 aromatic heterocycles. The van der Waals surface area contributed by atoms with Crippen LogP contribution in [0.15, 0.2) is 22.7 Å². The fourth-order valence-electron chi connectivity index (χ4n) is 1.55. The van der Waals surface area contributed by atoms with Gasteiger partial charge in [-0.15, -0.1) is 0 Å². The summed E-state index contributed by atoms with van der Waals surface area (Å²) in [6.07, 6.45) is 0.0858. The number of anilines is 1. The number of rotatable bonds is 4. The molecule has 0 spiro atoms. The molecule has 0 bridgehead atoms. The quantitative estimate of drug-likeness (QED) is 0.891. The van der Waals surface area contributed by atoms with Crippen LogP contribution in [-0.2, 0) is 4.79 Å². The predicted molar refractivity (Wildman–Crippen MR) is 68.8 cm³/mol. The average molecular weight is 286 g/mol. The van der Waals surface area contributed by atoms with E-state index in [-0.39, 0.29) is 6.42 Å². The Balaban J connectivity index is 2.83. The van der Waals surface area contributed by atoms with Gasteiger partial charge >= 0.3 is 5.97 Å². The number of aryl methyl sites for hydroxylation is 1. The number of hydrogen-bond acceptors (Lipinski definition) is 2. The standard InChI is InChI=1S/C12H16BrNO2/c1-8-6-9(13)4-5-10(8)14-12(2,3)7-11(15)16/h4-6,14H,7H2,1-3H3,(H,15,16). The smallest absolute Gasteiger partial charge is 0.305 e. The van der Waals surface area contributed by atoms with Crippen LogP contribution in [0.5, 0.6) is 0 Å². The first kappa shape index (κ1) is 13.0. The lowest BCUT2D eigenvalue weighted by Gasteiger charge is -2.26. The average Bonchev–Trinajstić information content (AvgIpc) is 2.07. The van der Waals surface area contributed by atoms with Gasteiger partial charge < -0.3 is 10.4 Å². The van der Waals surface area contributed by atoms with Gasteiger partial charge in [-0.1, -0.05) is 15.9 Å². The van der Waals surface area contributed by atoms with Gasteiger partial charge in [-0.3, -0.25) is 4.79 Å². The van der Waals surface area contributed by atoms with Gasteiger partial charge in [0.2, 0.25) is 0 Å². The highest BCUT2D eigenvalue weighted by atomic mass is 79.9. The molecule has 88 valence electrons. The molecule has 4 heteroatoms. The number of halogens is 1. The van der Waals surface area contributed by atoms with Crippen molar-refractivity contribution in [2.45, 2.75) is 32.7 Å². The fourth-order valence-corrected chi connectivity index (χ4v) is 2.03. The zero-order valence-corrected chi connectivity index (χ0v) is 11.3. The zero-order valence-electron chi connectivity index (χ0n) is 9.67. The molecule has 0 amide bonds. The summed E-state index contributed by atoms with van der Waals surface area (Å²) in [5.74, 6) is -0.799. The Bertz CT molecular complexity index is 402. The largest absolute Gasteiger partial charge is 0.481 e. The number of nitrogens with one attached hydrogen (secondary N) is 1. The first-order chi connectivity index (χ1) is 7.30. The molecular weight excluding hydrogens is 270 g/mol. The van der Waals surface area contributed by atoms with E-state index >= 15 is 0 Å². The van der Waals surface area contributed by atoms with E-state index in [1.165, 1.54) is 0 Å². The van der Waals surface area contributed by atoms with Crippen LogP contribution >= 0.6 is 15.9 Å². The molecule has 0 unspecified atom stereocenters. The van der Waals surface area contributed by atoms with Crippen LogP contribution in [0.2, 0.25) is 0 Å². The summed E-state index contributed by atoms with van der Waals surface area (Å²) in [5.41, 5.74) is 1.60.